The number of amides is 1. The van der Waals surface area contributed by atoms with Crippen LogP contribution in [-0.4, -0.2) is 31.7 Å². The molecule has 6 heteroatoms. The number of rotatable bonds is 4. The topological polar surface area (TPSA) is 41.1 Å². The lowest BCUT2D eigenvalue weighted by Crippen LogP contribution is -2.38. The van der Waals surface area contributed by atoms with Crippen molar-refractivity contribution >= 4 is 5.91 Å². The summed E-state index contributed by atoms with van der Waals surface area (Å²) in [6.45, 7) is 4.33. The lowest BCUT2D eigenvalue weighted by molar-refractivity contribution is -0.190. The maximum atomic E-state index is 13.2. The van der Waals surface area contributed by atoms with Crippen molar-refractivity contribution in [2.75, 3.05) is 19.6 Å². The van der Waals surface area contributed by atoms with Crippen molar-refractivity contribution in [1.82, 2.24) is 10.6 Å². The maximum absolute atomic E-state index is 13.2. The first-order valence-electron chi connectivity index (χ1n) is 7.79. The average molecular weight is 326 g/mol. The molecule has 126 valence electrons. The van der Waals surface area contributed by atoms with Gasteiger partial charge in [0, 0.05) is 25.0 Å². The molecule has 1 aliphatic carbocycles. The van der Waals surface area contributed by atoms with E-state index in [0.29, 0.717) is 6.54 Å². The van der Waals surface area contributed by atoms with E-state index in [0.717, 1.165) is 16.7 Å². The number of hydrogen-bond acceptors (Lipinski definition) is 2. The molecular weight excluding hydrogens is 305 g/mol. The second-order valence-corrected chi connectivity index (χ2v) is 7.01. The minimum atomic E-state index is -4.21. The van der Waals surface area contributed by atoms with Crippen LogP contribution in [0.15, 0.2) is 18.2 Å². The molecule has 1 aromatic carbocycles. The highest BCUT2D eigenvalue weighted by molar-refractivity contribution is 5.78. The van der Waals surface area contributed by atoms with Crippen molar-refractivity contribution in [2.45, 2.75) is 32.9 Å². The molecule has 1 aliphatic heterocycles. The maximum Gasteiger partial charge on any atom is 0.396 e. The summed E-state index contributed by atoms with van der Waals surface area (Å²) in [4.78, 5) is 12.1. The number of hydrogen-bond donors (Lipinski definition) is 2. The van der Waals surface area contributed by atoms with Crippen molar-refractivity contribution in [3.8, 4) is 0 Å². The van der Waals surface area contributed by atoms with E-state index < -0.39 is 17.0 Å². The highest BCUT2D eigenvalue weighted by Gasteiger charge is 2.81. The van der Waals surface area contributed by atoms with Crippen LogP contribution in [0.3, 0.4) is 0 Å². The average Bonchev–Trinajstić information content (AvgIpc) is 2.98. The van der Waals surface area contributed by atoms with Gasteiger partial charge in [-0.2, -0.15) is 13.2 Å². The van der Waals surface area contributed by atoms with E-state index in [-0.39, 0.29) is 31.8 Å². The standard InChI is InChI=1S/C17H21F3N2O/c1-11-3-4-13(5-12(11)2)6-14(23)22-9-15-7-16(15,10-21-8-15)17(18,19)20/h3-5,21H,6-10H2,1-2H3,(H,22,23)/t15-,16-/m1/s1. The van der Waals surface area contributed by atoms with Crippen LogP contribution in [0, 0.1) is 24.7 Å². The van der Waals surface area contributed by atoms with E-state index in [1.54, 1.807) is 0 Å². The van der Waals surface area contributed by atoms with Crippen LogP contribution in [0.4, 0.5) is 13.2 Å². The van der Waals surface area contributed by atoms with Gasteiger partial charge < -0.3 is 10.6 Å². The van der Waals surface area contributed by atoms with Crippen LogP contribution in [0.25, 0.3) is 0 Å². The molecule has 3 rings (SSSR count). The van der Waals surface area contributed by atoms with Crippen LogP contribution in [0.2, 0.25) is 0 Å². The Hall–Kier alpha value is -1.56. The van der Waals surface area contributed by atoms with Gasteiger partial charge in [0.05, 0.1) is 11.8 Å². The summed E-state index contributed by atoms with van der Waals surface area (Å²) in [7, 11) is 0. The predicted molar refractivity (Wildman–Crippen MR) is 81.0 cm³/mol. The Morgan fingerprint density at radius 1 is 1.26 bits per heavy atom. The number of aryl methyl sites for hydroxylation is 2. The highest BCUT2D eigenvalue weighted by atomic mass is 19.4. The Kier molecular flexibility index (Phi) is 3.71. The molecule has 0 radical (unpaired) electrons. The molecule has 2 N–H and O–H groups in total. The lowest BCUT2D eigenvalue weighted by atomic mass is 9.95. The van der Waals surface area contributed by atoms with E-state index in [9.17, 15) is 18.0 Å². The molecule has 2 atom stereocenters. The van der Waals surface area contributed by atoms with E-state index >= 15 is 0 Å². The molecule has 0 bridgehead atoms. The number of carbonyl (C=O) groups is 1. The van der Waals surface area contributed by atoms with Crippen LogP contribution in [0.1, 0.15) is 23.1 Å². The van der Waals surface area contributed by atoms with Crippen molar-refractivity contribution in [3.63, 3.8) is 0 Å². The van der Waals surface area contributed by atoms with Crippen molar-refractivity contribution in [3.05, 3.63) is 34.9 Å². The lowest BCUT2D eigenvalue weighted by Gasteiger charge is -2.20. The molecule has 2 aliphatic rings. The summed E-state index contributed by atoms with van der Waals surface area (Å²) in [6, 6.07) is 5.78. The van der Waals surface area contributed by atoms with Crippen LogP contribution < -0.4 is 10.6 Å². The number of benzene rings is 1. The highest BCUT2D eigenvalue weighted by Crippen LogP contribution is 2.72. The fourth-order valence-corrected chi connectivity index (χ4v) is 3.75. The number of alkyl halides is 3. The SMILES string of the molecule is Cc1ccc(CC(=O)NC[C@@]23CNC[C@]2(C(F)(F)F)C3)cc1C. The number of fused-ring (bicyclic) bond motifs is 1. The molecule has 1 heterocycles. The zero-order chi connectivity index (χ0) is 16.9. The van der Waals surface area contributed by atoms with Gasteiger partial charge in [-0.25, -0.2) is 0 Å². The zero-order valence-corrected chi connectivity index (χ0v) is 13.3. The minimum Gasteiger partial charge on any atom is -0.355 e. The van der Waals surface area contributed by atoms with Gasteiger partial charge in [0.2, 0.25) is 5.91 Å². The van der Waals surface area contributed by atoms with Gasteiger partial charge in [-0.3, -0.25) is 4.79 Å². The molecular formula is C17H21F3N2O. The molecule has 0 unspecified atom stereocenters. The van der Waals surface area contributed by atoms with Gasteiger partial charge in [-0.15, -0.1) is 0 Å². The molecule has 0 aromatic heterocycles. The zero-order valence-electron chi connectivity index (χ0n) is 13.3. The summed E-state index contributed by atoms with van der Waals surface area (Å²) in [5.41, 5.74) is 0.633. The largest absolute Gasteiger partial charge is 0.396 e. The molecule has 1 saturated heterocycles. The monoisotopic (exact) mass is 326 g/mol. The molecule has 1 aromatic rings. The Balaban J connectivity index is 1.59. The summed E-state index contributed by atoms with van der Waals surface area (Å²) in [5.74, 6) is -0.225. The Bertz CT molecular complexity index is 643. The van der Waals surface area contributed by atoms with E-state index in [2.05, 4.69) is 10.6 Å². The van der Waals surface area contributed by atoms with Gasteiger partial charge >= 0.3 is 6.18 Å². The number of piperidine rings is 1. The smallest absolute Gasteiger partial charge is 0.355 e. The van der Waals surface area contributed by atoms with Crippen LogP contribution in [0.5, 0.6) is 0 Å². The number of nitrogens with one attached hydrogen (secondary N) is 2. The molecule has 0 spiro atoms. The Morgan fingerprint density at radius 2 is 2.00 bits per heavy atom. The number of halogens is 3. The van der Waals surface area contributed by atoms with Crippen molar-refractivity contribution < 1.29 is 18.0 Å². The van der Waals surface area contributed by atoms with Crippen molar-refractivity contribution in [1.29, 1.82) is 0 Å². The minimum absolute atomic E-state index is 0.0382. The molecule has 3 nitrogen and oxygen atoms in total. The van der Waals surface area contributed by atoms with E-state index in [1.807, 2.05) is 32.0 Å². The van der Waals surface area contributed by atoms with Crippen molar-refractivity contribution in [2.24, 2.45) is 10.8 Å². The first kappa shape index (κ1) is 16.3. The second-order valence-electron chi connectivity index (χ2n) is 7.01. The Labute approximate surface area is 133 Å². The summed E-state index contributed by atoms with van der Waals surface area (Å²) < 4.78 is 39.7. The summed E-state index contributed by atoms with van der Waals surface area (Å²) >= 11 is 0. The summed E-state index contributed by atoms with van der Waals surface area (Å²) in [5, 5.41) is 5.53. The van der Waals surface area contributed by atoms with Gasteiger partial charge in [-0.05, 0) is 37.0 Å². The first-order chi connectivity index (χ1) is 10.7. The molecule has 1 saturated carbocycles. The van der Waals surface area contributed by atoms with Gasteiger partial charge in [0.25, 0.3) is 0 Å². The predicted octanol–water partition coefficient (Wildman–Crippen LogP) is 2.50. The molecule has 23 heavy (non-hydrogen) atoms. The fourth-order valence-electron chi connectivity index (χ4n) is 3.75. The van der Waals surface area contributed by atoms with E-state index in [4.69, 9.17) is 0 Å². The molecule has 1 amide bonds. The fraction of sp³-hybridized carbons (Fsp3) is 0.588. The van der Waals surface area contributed by atoms with E-state index in [1.165, 1.54) is 0 Å². The van der Waals surface area contributed by atoms with Gasteiger partial charge in [0.1, 0.15) is 0 Å². The second kappa shape index (κ2) is 5.23. The first-order valence-corrected chi connectivity index (χ1v) is 7.79. The van der Waals surface area contributed by atoms with Gasteiger partial charge in [0.15, 0.2) is 0 Å². The third-order valence-corrected chi connectivity index (χ3v) is 5.52. The normalized spacial score (nSPS) is 29.3. The third-order valence-electron chi connectivity index (χ3n) is 5.52. The number of carbonyl (C=O) groups excluding carboxylic acids is 1. The van der Waals surface area contributed by atoms with Crippen LogP contribution in [-0.2, 0) is 11.2 Å². The molecule has 2 fully saturated rings. The Morgan fingerprint density at radius 3 is 2.61 bits per heavy atom. The summed E-state index contributed by atoms with van der Waals surface area (Å²) in [6.07, 6.45) is -3.90. The third kappa shape index (κ3) is 2.63. The van der Waals surface area contributed by atoms with Crippen LogP contribution >= 0.6 is 0 Å². The van der Waals surface area contributed by atoms with Gasteiger partial charge in [-0.1, -0.05) is 18.2 Å². The quantitative estimate of drug-likeness (QED) is 0.893.